The molecular weight excluding hydrogens is 470 g/mol. The number of likely N-dealkylation sites (tertiary alicyclic amines) is 1. The molecule has 0 radical (unpaired) electrons. The SMILES string of the molecule is CC(C)(C)OC(=O)N1CCCC(CCNC(=O)c2cccc(CNC(=O)Nc3ccc(C#N)cc3)c2)C1. The molecule has 3 N–H and O–H groups in total. The molecule has 196 valence electrons. The van der Waals surface area contributed by atoms with E-state index >= 15 is 0 Å². The van der Waals surface area contributed by atoms with Crippen LogP contribution in [-0.2, 0) is 11.3 Å². The van der Waals surface area contributed by atoms with Gasteiger partial charge < -0.3 is 25.6 Å². The van der Waals surface area contributed by atoms with Gasteiger partial charge in [0.15, 0.2) is 0 Å². The van der Waals surface area contributed by atoms with Crippen LogP contribution in [0.1, 0.15) is 61.5 Å². The number of piperidine rings is 1. The molecule has 1 heterocycles. The van der Waals surface area contributed by atoms with Gasteiger partial charge in [-0.05, 0) is 87.9 Å². The van der Waals surface area contributed by atoms with Crippen LogP contribution in [0.25, 0.3) is 0 Å². The molecule has 1 saturated heterocycles. The minimum absolute atomic E-state index is 0.177. The van der Waals surface area contributed by atoms with Gasteiger partial charge in [-0.2, -0.15) is 5.26 Å². The number of rotatable bonds is 7. The number of benzene rings is 2. The van der Waals surface area contributed by atoms with Crippen LogP contribution >= 0.6 is 0 Å². The first-order valence-electron chi connectivity index (χ1n) is 12.5. The number of hydrogen-bond donors (Lipinski definition) is 3. The number of anilines is 1. The monoisotopic (exact) mass is 505 g/mol. The molecule has 2 aromatic rings. The summed E-state index contributed by atoms with van der Waals surface area (Å²) in [5, 5.41) is 17.3. The normalized spacial score (nSPS) is 15.3. The van der Waals surface area contributed by atoms with Gasteiger partial charge in [0.25, 0.3) is 5.91 Å². The molecule has 1 atom stereocenters. The first kappa shape index (κ1) is 27.5. The molecule has 2 aromatic carbocycles. The van der Waals surface area contributed by atoms with Gasteiger partial charge in [0.2, 0.25) is 0 Å². The zero-order chi connectivity index (χ0) is 26.8. The van der Waals surface area contributed by atoms with Crippen LogP contribution in [0.5, 0.6) is 0 Å². The highest BCUT2D eigenvalue weighted by Crippen LogP contribution is 2.21. The summed E-state index contributed by atoms with van der Waals surface area (Å²) in [7, 11) is 0. The first-order valence-corrected chi connectivity index (χ1v) is 12.5. The summed E-state index contributed by atoms with van der Waals surface area (Å²) in [6, 6.07) is 15.3. The zero-order valence-electron chi connectivity index (χ0n) is 21.7. The highest BCUT2D eigenvalue weighted by atomic mass is 16.6. The van der Waals surface area contributed by atoms with Crippen molar-refractivity contribution in [3.05, 3.63) is 65.2 Å². The summed E-state index contributed by atoms with van der Waals surface area (Å²) >= 11 is 0. The molecule has 9 nitrogen and oxygen atoms in total. The Kier molecular flexibility index (Phi) is 9.50. The van der Waals surface area contributed by atoms with Gasteiger partial charge in [0.05, 0.1) is 11.6 Å². The van der Waals surface area contributed by atoms with Crippen molar-refractivity contribution in [2.45, 2.75) is 52.2 Å². The molecule has 4 amide bonds. The summed E-state index contributed by atoms with van der Waals surface area (Å²) < 4.78 is 5.49. The van der Waals surface area contributed by atoms with E-state index < -0.39 is 5.60 Å². The molecule has 0 bridgehead atoms. The second kappa shape index (κ2) is 12.8. The fraction of sp³-hybridized carbons (Fsp3) is 0.429. The van der Waals surface area contributed by atoms with Gasteiger partial charge in [0.1, 0.15) is 5.60 Å². The van der Waals surface area contributed by atoms with E-state index in [-0.39, 0.29) is 24.6 Å². The molecule has 1 fully saturated rings. The highest BCUT2D eigenvalue weighted by molar-refractivity contribution is 5.94. The summed E-state index contributed by atoms with van der Waals surface area (Å²) in [5.74, 6) is 0.135. The Labute approximate surface area is 218 Å². The van der Waals surface area contributed by atoms with E-state index in [2.05, 4.69) is 16.0 Å². The third kappa shape index (κ3) is 9.15. The predicted octanol–water partition coefficient (Wildman–Crippen LogP) is 4.65. The molecule has 0 aromatic heterocycles. The lowest BCUT2D eigenvalue weighted by Gasteiger charge is -2.34. The van der Waals surface area contributed by atoms with Crippen LogP contribution in [0.3, 0.4) is 0 Å². The number of nitrogens with one attached hydrogen (secondary N) is 3. The number of nitriles is 1. The van der Waals surface area contributed by atoms with Gasteiger partial charge in [-0.25, -0.2) is 9.59 Å². The Bertz CT molecular complexity index is 1130. The number of hydrogen-bond acceptors (Lipinski definition) is 5. The summed E-state index contributed by atoms with van der Waals surface area (Å²) in [6.45, 7) is 7.69. The van der Waals surface area contributed by atoms with Crippen molar-refractivity contribution in [2.75, 3.05) is 25.0 Å². The first-order chi connectivity index (χ1) is 17.6. The second-order valence-electron chi connectivity index (χ2n) is 10.2. The lowest BCUT2D eigenvalue weighted by molar-refractivity contribution is 0.0161. The molecule has 1 unspecified atom stereocenters. The molecule has 1 aliphatic rings. The van der Waals surface area contributed by atoms with Crippen LogP contribution in [0.2, 0.25) is 0 Å². The fourth-order valence-corrected chi connectivity index (χ4v) is 4.09. The van der Waals surface area contributed by atoms with Crippen molar-refractivity contribution in [3.8, 4) is 6.07 Å². The molecule has 0 spiro atoms. The summed E-state index contributed by atoms with van der Waals surface area (Å²) in [5.41, 5.74) is 1.89. The van der Waals surface area contributed by atoms with Crippen LogP contribution < -0.4 is 16.0 Å². The van der Waals surface area contributed by atoms with Gasteiger partial charge in [0, 0.05) is 37.4 Å². The number of urea groups is 1. The molecule has 0 aliphatic carbocycles. The number of ether oxygens (including phenoxy) is 1. The van der Waals surface area contributed by atoms with Gasteiger partial charge in [-0.15, -0.1) is 0 Å². The maximum absolute atomic E-state index is 12.7. The summed E-state index contributed by atoms with van der Waals surface area (Å²) in [6.07, 6.45) is 2.44. The average molecular weight is 506 g/mol. The van der Waals surface area contributed by atoms with E-state index in [1.807, 2.05) is 32.9 Å². The standard InChI is InChI=1S/C28H35N5O4/c1-28(2,3)37-27(36)33-15-5-7-21(19-33)13-14-30-25(34)23-8-4-6-22(16-23)18-31-26(35)32-24-11-9-20(17-29)10-12-24/h4,6,8-12,16,21H,5,7,13-15,18-19H2,1-3H3,(H,30,34)(H2,31,32,35). The molecule has 37 heavy (non-hydrogen) atoms. The van der Waals surface area contributed by atoms with Crippen molar-refractivity contribution in [1.29, 1.82) is 5.26 Å². The van der Waals surface area contributed by atoms with E-state index in [0.717, 1.165) is 24.8 Å². The van der Waals surface area contributed by atoms with Crippen molar-refractivity contribution in [2.24, 2.45) is 5.92 Å². The van der Waals surface area contributed by atoms with Crippen LogP contribution in [0.15, 0.2) is 48.5 Å². The largest absolute Gasteiger partial charge is 0.444 e. The fourth-order valence-electron chi connectivity index (χ4n) is 4.09. The van der Waals surface area contributed by atoms with Crippen LogP contribution in [0.4, 0.5) is 15.3 Å². The lowest BCUT2D eigenvalue weighted by atomic mass is 9.95. The maximum Gasteiger partial charge on any atom is 0.410 e. The van der Waals surface area contributed by atoms with Crippen molar-refractivity contribution >= 4 is 23.7 Å². The lowest BCUT2D eigenvalue weighted by Crippen LogP contribution is -2.43. The highest BCUT2D eigenvalue weighted by Gasteiger charge is 2.27. The van der Waals surface area contributed by atoms with Crippen LogP contribution in [0, 0.1) is 17.2 Å². The number of nitrogens with zero attached hydrogens (tertiary/aromatic N) is 2. The summed E-state index contributed by atoms with van der Waals surface area (Å²) in [4.78, 5) is 39.0. The average Bonchev–Trinajstić information content (AvgIpc) is 2.87. The van der Waals surface area contributed by atoms with Crippen molar-refractivity contribution in [3.63, 3.8) is 0 Å². The second-order valence-corrected chi connectivity index (χ2v) is 10.2. The number of amides is 4. The van der Waals surface area contributed by atoms with Gasteiger partial charge in [-0.3, -0.25) is 4.79 Å². The van der Waals surface area contributed by atoms with E-state index in [0.29, 0.717) is 42.4 Å². The topological polar surface area (TPSA) is 124 Å². The van der Waals surface area contributed by atoms with Gasteiger partial charge in [-0.1, -0.05) is 12.1 Å². The van der Waals surface area contributed by atoms with Crippen molar-refractivity contribution < 1.29 is 19.1 Å². The smallest absolute Gasteiger partial charge is 0.410 e. The predicted molar refractivity (Wildman–Crippen MR) is 141 cm³/mol. The Balaban J connectivity index is 1.42. The molecule has 9 heteroatoms. The Morgan fingerprint density at radius 1 is 1.11 bits per heavy atom. The number of carbonyl (C=O) groups is 3. The molecule has 3 rings (SSSR count). The maximum atomic E-state index is 12.7. The third-order valence-electron chi connectivity index (χ3n) is 5.92. The Morgan fingerprint density at radius 3 is 2.57 bits per heavy atom. The quantitative estimate of drug-likeness (QED) is 0.505. The molecular formula is C28H35N5O4. The van der Waals surface area contributed by atoms with Crippen molar-refractivity contribution in [1.82, 2.24) is 15.5 Å². The van der Waals surface area contributed by atoms with E-state index in [1.54, 1.807) is 47.4 Å². The molecule has 0 saturated carbocycles. The van der Waals surface area contributed by atoms with E-state index in [1.165, 1.54) is 0 Å². The minimum atomic E-state index is -0.517. The van der Waals surface area contributed by atoms with Crippen LogP contribution in [-0.4, -0.2) is 48.2 Å². The molecule has 1 aliphatic heterocycles. The van der Waals surface area contributed by atoms with Gasteiger partial charge >= 0.3 is 12.1 Å². The zero-order valence-corrected chi connectivity index (χ0v) is 21.7. The number of carbonyl (C=O) groups excluding carboxylic acids is 3. The van der Waals surface area contributed by atoms with E-state index in [4.69, 9.17) is 10.00 Å². The Morgan fingerprint density at radius 2 is 1.86 bits per heavy atom. The minimum Gasteiger partial charge on any atom is -0.444 e. The third-order valence-corrected chi connectivity index (χ3v) is 5.92. The Hall–Kier alpha value is -4.06. The van der Waals surface area contributed by atoms with E-state index in [9.17, 15) is 14.4 Å².